The van der Waals surface area contributed by atoms with Crippen molar-refractivity contribution in [3.63, 3.8) is 0 Å². The number of carbonyl (C=O) groups is 1. The lowest BCUT2D eigenvalue weighted by Gasteiger charge is -1.97. The quantitative estimate of drug-likeness (QED) is 0.449. The summed E-state index contributed by atoms with van der Waals surface area (Å²) in [6.45, 7) is 0. The van der Waals surface area contributed by atoms with E-state index in [2.05, 4.69) is 0 Å². The van der Waals surface area contributed by atoms with Crippen molar-refractivity contribution < 1.29 is 4.79 Å². The highest BCUT2D eigenvalue weighted by Crippen LogP contribution is 2.16. The van der Waals surface area contributed by atoms with E-state index in [0.717, 1.165) is 11.8 Å². The van der Waals surface area contributed by atoms with Crippen molar-refractivity contribution in [3.8, 4) is 5.40 Å². The molecule has 2 nitrogen and oxygen atoms in total. The molecule has 0 saturated heterocycles. The van der Waals surface area contributed by atoms with Crippen LogP contribution < -0.4 is 0 Å². The van der Waals surface area contributed by atoms with Gasteiger partial charge in [0.05, 0.1) is 5.02 Å². The smallest absolute Gasteiger partial charge is 0.187 e. The molecule has 0 aliphatic rings. The largest absolute Gasteiger partial charge is 0.289 e. The van der Waals surface area contributed by atoms with E-state index in [1.807, 2.05) is 5.40 Å². The second-order valence-electron chi connectivity index (χ2n) is 2.36. The van der Waals surface area contributed by atoms with Gasteiger partial charge in [0.1, 0.15) is 5.40 Å². The number of hydrogen-bond donors (Lipinski definition) is 0. The number of thiocyanates is 1. The van der Waals surface area contributed by atoms with E-state index in [4.69, 9.17) is 16.9 Å². The molecule has 0 aromatic heterocycles. The van der Waals surface area contributed by atoms with Gasteiger partial charge >= 0.3 is 0 Å². The molecule has 14 heavy (non-hydrogen) atoms. The number of nitriles is 1. The van der Waals surface area contributed by atoms with Gasteiger partial charge in [0.2, 0.25) is 0 Å². The molecule has 1 aromatic carbocycles. The molecular formula is C10H6ClNOS. The van der Waals surface area contributed by atoms with Gasteiger partial charge in [-0.25, -0.2) is 0 Å². The van der Waals surface area contributed by atoms with Gasteiger partial charge in [-0.05, 0) is 35.4 Å². The van der Waals surface area contributed by atoms with Crippen molar-refractivity contribution in [1.82, 2.24) is 0 Å². The minimum atomic E-state index is -0.196. The summed E-state index contributed by atoms with van der Waals surface area (Å²) < 4.78 is 0. The normalized spacial score (nSPS) is 10.0. The Morgan fingerprint density at radius 2 is 2.21 bits per heavy atom. The average molecular weight is 224 g/mol. The molecule has 0 amide bonds. The summed E-state index contributed by atoms with van der Waals surface area (Å²) in [5.41, 5.74) is 0.448. The van der Waals surface area contributed by atoms with E-state index in [0.29, 0.717) is 10.6 Å². The van der Waals surface area contributed by atoms with E-state index in [1.165, 1.54) is 11.5 Å². The highest BCUT2D eigenvalue weighted by molar-refractivity contribution is 8.06. The maximum Gasteiger partial charge on any atom is 0.187 e. The van der Waals surface area contributed by atoms with Crippen molar-refractivity contribution in [2.24, 2.45) is 0 Å². The molecule has 4 heteroatoms. The molecule has 0 aliphatic heterocycles. The number of halogens is 1. The van der Waals surface area contributed by atoms with Gasteiger partial charge in [-0.15, -0.1) is 0 Å². The van der Waals surface area contributed by atoms with E-state index in [1.54, 1.807) is 24.3 Å². The number of thioether (sulfide) groups is 1. The Morgan fingerprint density at radius 3 is 2.86 bits per heavy atom. The highest BCUT2D eigenvalue weighted by atomic mass is 35.5. The first-order valence-electron chi connectivity index (χ1n) is 3.76. The molecule has 0 unspecified atom stereocenters. The topological polar surface area (TPSA) is 40.9 Å². The molecule has 0 bridgehead atoms. The van der Waals surface area contributed by atoms with Crippen LogP contribution in [0.4, 0.5) is 0 Å². The fourth-order valence-electron chi connectivity index (χ4n) is 0.877. The number of benzene rings is 1. The van der Waals surface area contributed by atoms with Crippen LogP contribution in [0.2, 0.25) is 5.02 Å². The van der Waals surface area contributed by atoms with E-state index >= 15 is 0 Å². The lowest BCUT2D eigenvalue weighted by atomic mass is 10.1. The van der Waals surface area contributed by atoms with Crippen LogP contribution in [0.25, 0.3) is 0 Å². The molecule has 1 rings (SSSR count). The zero-order valence-electron chi connectivity index (χ0n) is 7.11. The molecule has 0 saturated carbocycles. The second kappa shape index (κ2) is 5.48. The fraction of sp³-hybridized carbons (Fsp3) is 0. The second-order valence-corrected chi connectivity index (χ2v) is 3.45. The Hall–Kier alpha value is -1.24. The first-order valence-corrected chi connectivity index (χ1v) is 5.01. The Bertz CT molecular complexity index is 409. The Labute approximate surface area is 91.2 Å². The zero-order valence-corrected chi connectivity index (χ0v) is 8.68. The molecule has 0 spiro atoms. The van der Waals surface area contributed by atoms with Crippen molar-refractivity contribution in [1.29, 1.82) is 5.26 Å². The van der Waals surface area contributed by atoms with E-state index in [-0.39, 0.29) is 5.78 Å². The molecule has 0 heterocycles. The van der Waals surface area contributed by atoms with Crippen LogP contribution in [0.5, 0.6) is 0 Å². The molecule has 0 radical (unpaired) electrons. The number of hydrogen-bond acceptors (Lipinski definition) is 3. The molecular weight excluding hydrogens is 218 g/mol. The third-order valence-electron chi connectivity index (χ3n) is 1.48. The maximum atomic E-state index is 11.4. The van der Waals surface area contributed by atoms with Gasteiger partial charge in [0.25, 0.3) is 0 Å². The molecule has 0 fully saturated rings. The van der Waals surface area contributed by atoms with Crippen molar-refractivity contribution in [2.45, 2.75) is 0 Å². The minimum absolute atomic E-state index is 0.196. The van der Waals surface area contributed by atoms with E-state index < -0.39 is 0 Å². The van der Waals surface area contributed by atoms with Crippen LogP contribution in [-0.4, -0.2) is 5.78 Å². The third-order valence-corrected chi connectivity index (χ3v) is 2.19. The molecule has 0 N–H and O–H groups in total. The van der Waals surface area contributed by atoms with Crippen molar-refractivity contribution in [3.05, 3.63) is 46.3 Å². The predicted molar refractivity (Wildman–Crippen MR) is 58.1 cm³/mol. The number of carbonyl (C=O) groups excluding carboxylic acids is 1. The summed E-state index contributed by atoms with van der Waals surface area (Å²) in [4.78, 5) is 11.4. The number of allylic oxidation sites excluding steroid dienone is 1. The van der Waals surface area contributed by atoms with Crippen LogP contribution in [0.15, 0.2) is 35.7 Å². The zero-order chi connectivity index (χ0) is 10.4. The van der Waals surface area contributed by atoms with Gasteiger partial charge in [0.15, 0.2) is 5.78 Å². The number of nitrogens with zero attached hydrogens (tertiary/aromatic N) is 1. The molecule has 1 aromatic rings. The number of rotatable bonds is 3. The summed E-state index contributed by atoms with van der Waals surface area (Å²) in [5, 5.41) is 11.9. The maximum absolute atomic E-state index is 11.4. The Morgan fingerprint density at radius 1 is 1.50 bits per heavy atom. The summed E-state index contributed by atoms with van der Waals surface area (Å²) in [6.07, 6.45) is 1.33. The number of ketones is 1. The molecule has 70 valence electrons. The molecule has 0 atom stereocenters. The highest BCUT2D eigenvalue weighted by Gasteiger charge is 2.04. The molecule has 0 aliphatic carbocycles. The van der Waals surface area contributed by atoms with E-state index in [9.17, 15) is 4.79 Å². The summed E-state index contributed by atoms with van der Waals surface area (Å²) >= 11 is 6.70. The van der Waals surface area contributed by atoms with Crippen molar-refractivity contribution in [2.75, 3.05) is 0 Å². The summed E-state index contributed by atoms with van der Waals surface area (Å²) in [7, 11) is 0. The Kier molecular flexibility index (Phi) is 4.24. The fourth-order valence-corrected chi connectivity index (χ4v) is 1.36. The standard InChI is InChI=1S/C10H6ClNOS/c11-9-4-2-1-3-8(9)10(13)5-6-14-7-12/h1-6H. The van der Waals surface area contributed by atoms with Crippen LogP contribution in [0.1, 0.15) is 10.4 Å². The third kappa shape index (κ3) is 2.91. The van der Waals surface area contributed by atoms with Gasteiger partial charge in [-0.3, -0.25) is 4.79 Å². The summed E-state index contributed by atoms with van der Waals surface area (Å²) in [6, 6.07) is 6.79. The first kappa shape index (κ1) is 10.8. The van der Waals surface area contributed by atoms with Gasteiger partial charge in [0, 0.05) is 5.56 Å². The predicted octanol–water partition coefficient (Wildman–Crippen LogP) is 3.25. The SMILES string of the molecule is N#CSC=CC(=O)c1ccccc1Cl. The monoisotopic (exact) mass is 223 g/mol. The van der Waals surface area contributed by atoms with Crippen LogP contribution in [-0.2, 0) is 0 Å². The summed E-state index contributed by atoms with van der Waals surface area (Å²) in [5.74, 6) is -0.196. The first-order chi connectivity index (χ1) is 6.75. The van der Waals surface area contributed by atoms with Gasteiger partial charge in [-0.1, -0.05) is 23.7 Å². The minimum Gasteiger partial charge on any atom is -0.289 e. The lowest BCUT2D eigenvalue weighted by molar-refractivity contribution is 0.104. The van der Waals surface area contributed by atoms with Crippen molar-refractivity contribution >= 4 is 29.1 Å². The van der Waals surface area contributed by atoms with Crippen LogP contribution >= 0.6 is 23.4 Å². The van der Waals surface area contributed by atoms with Crippen LogP contribution in [0, 0.1) is 10.7 Å². The van der Waals surface area contributed by atoms with Gasteiger partial charge in [-0.2, -0.15) is 5.26 Å². The Balaban J connectivity index is 2.81. The van der Waals surface area contributed by atoms with Gasteiger partial charge < -0.3 is 0 Å². The average Bonchev–Trinajstić information content (AvgIpc) is 2.18. The lowest BCUT2D eigenvalue weighted by Crippen LogP contribution is -1.94. The van der Waals surface area contributed by atoms with Crippen LogP contribution in [0.3, 0.4) is 0 Å².